The van der Waals surface area contributed by atoms with Crippen molar-refractivity contribution in [2.75, 3.05) is 13.6 Å². The third-order valence-electron chi connectivity index (χ3n) is 4.64. The topological polar surface area (TPSA) is 15.3 Å². The molecule has 16 heavy (non-hydrogen) atoms. The Bertz CT molecular complexity index is 215. The molecule has 2 nitrogen and oxygen atoms in total. The van der Waals surface area contributed by atoms with Crippen molar-refractivity contribution in [2.24, 2.45) is 5.92 Å². The van der Waals surface area contributed by atoms with Gasteiger partial charge in [0.15, 0.2) is 0 Å². The normalized spacial score (nSPS) is 37.1. The molecule has 1 saturated heterocycles. The second-order valence-corrected chi connectivity index (χ2v) is 5.94. The molecule has 94 valence electrons. The molecule has 1 heterocycles. The van der Waals surface area contributed by atoms with Gasteiger partial charge in [0.2, 0.25) is 0 Å². The van der Waals surface area contributed by atoms with E-state index in [9.17, 15) is 0 Å². The third-order valence-corrected chi connectivity index (χ3v) is 4.64. The number of likely N-dealkylation sites (N-methyl/N-ethyl adjacent to an activating group) is 1. The summed E-state index contributed by atoms with van der Waals surface area (Å²) >= 11 is 0. The van der Waals surface area contributed by atoms with E-state index in [4.69, 9.17) is 0 Å². The second-order valence-electron chi connectivity index (χ2n) is 5.94. The van der Waals surface area contributed by atoms with Crippen LogP contribution in [0.4, 0.5) is 0 Å². The van der Waals surface area contributed by atoms with Gasteiger partial charge in [0.25, 0.3) is 0 Å². The summed E-state index contributed by atoms with van der Waals surface area (Å²) in [6.07, 6.45) is 8.48. The lowest BCUT2D eigenvalue weighted by atomic mass is 9.88. The van der Waals surface area contributed by atoms with E-state index in [1.165, 1.54) is 45.1 Å². The minimum atomic E-state index is 0.744. The molecule has 0 aromatic heterocycles. The van der Waals surface area contributed by atoms with E-state index in [1.807, 2.05) is 0 Å². The van der Waals surface area contributed by atoms with Crippen molar-refractivity contribution in [1.29, 1.82) is 0 Å². The Morgan fingerprint density at radius 1 is 1.06 bits per heavy atom. The number of nitrogens with zero attached hydrogens (tertiary/aromatic N) is 1. The Kier molecular flexibility index (Phi) is 4.26. The molecule has 1 aliphatic heterocycles. The van der Waals surface area contributed by atoms with Crippen molar-refractivity contribution < 1.29 is 0 Å². The van der Waals surface area contributed by atoms with Gasteiger partial charge in [-0.1, -0.05) is 26.7 Å². The summed E-state index contributed by atoms with van der Waals surface area (Å²) in [6.45, 7) is 6.12. The summed E-state index contributed by atoms with van der Waals surface area (Å²) in [5, 5.41) is 3.55. The SMILES string of the molecule is CNC1CCCCC1N1CCCC1C(C)C. The number of hydrogen-bond donors (Lipinski definition) is 1. The van der Waals surface area contributed by atoms with Crippen LogP contribution in [0.2, 0.25) is 0 Å². The first-order chi connectivity index (χ1) is 7.74. The average molecular weight is 224 g/mol. The van der Waals surface area contributed by atoms with Gasteiger partial charge in [0, 0.05) is 18.1 Å². The minimum Gasteiger partial charge on any atom is -0.315 e. The predicted molar refractivity (Wildman–Crippen MR) is 69.7 cm³/mol. The van der Waals surface area contributed by atoms with E-state index < -0.39 is 0 Å². The number of nitrogens with one attached hydrogen (secondary N) is 1. The van der Waals surface area contributed by atoms with Gasteiger partial charge in [-0.3, -0.25) is 4.90 Å². The molecule has 1 saturated carbocycles. The van der Waals surface area contributed by atoms with Crippen LogP contribution in [0.25, 0.3) is 0 Å². The number of likely N-dealkylation sites (tertiary alicyclic amines) is 1. The molecule has 0 spiro atoms. The summed E-state index contributed by atoms with van der Waals surface area (Å²) in [6, 6.07) is 2.40. The lowest BCUT2D eigenvalue weighted by molar-refractivity contribution is 0.0919. The maximum Gasteiger partial charge on any atom is 0.0252 e. The Hall–Kier alpha value is -0.0800. The van der Waals surface area contributed by atoms with Crippen molar-refractivity contribution in [2.45, 2.75) is 70.5 Å². The van der Waals surface area contributed by atoms with Crippen molar-refractivity contribution in [3.63, 3.8) is 0 Å². The predicted octanol–water partition coefficient (Wildman–Crippen LogP) is 2.64. The molecule has 0 amide bonds. The lowest BCUT2D eigenvalue weighted by Crippen LogP contribution is -2.53. The summed E-state index contributed by atoms with van der Waals surface area (Å²) in [5.74, 6) is 0.821. The standard InChI is InChI=1S/C14H28N2/c1-11(2)13-9-6-10-16(13)14-8-5-4-7-12(14)15-3/h11-15H,4-10H2,1-3H3. The second kappa shape index (κ2) is 5.50. The first kappa shape index (κ1) is 12.4. The van der Waals surface area contributed by atoms with Crippen molar-refractivity contribution >= 4 is 0 Å². The van der Waals surface area contributed by atoms with Gasteiger partial charge < -0.3 is 5.32 Å². The van der Waals surface area contributed by atoms with Crippen LogP contribution in [0.15, 0.2) is 0 Å². The largest absolute Gasteiger partial charge is 0.315 e. The zero-order chi connectivity index (χ0) is 11.5. The number of hydrogen-bond acceptors (Lipinski definition) is 2. The third kappa shape index (κ3) is 2.43. The van der Waals surface area contributed by atoms with Gasteiger partial charge in [-0.15, -0.1) is 0 Å². The van der Waals surface area contributed by atoms with E-state index in [1.54, 1.807) is 0 Å². The zero-order valence-electron chi connectivity index (χ0n) is 11.2. The Morgan fingerprint density at radius 2 is 1.81 bits per heavy atom. The van der Waals surface area contributed by atoms with Crippen LogP contribution in [0.5, 0.6) is 0 Å². The summed E-state index contributed by atoms with van der Waals surface area (Å²) < 4.78 is 0. The van der Waals surface area contributed by atoms with Crippen LogP contribution in [-0.4, -0.2) is 36.6 Å². The molecule has 2 aliphatic rings. The van der Waals surface area contributed by atoms with Gasteiger partial charge in [0.05, 0.1) is 0 Å². The quantitative estimate of drug-likeness (QED) is 0.793. The van der Waals surface area contributed by atoms with Crippen LogP contribution in [0, 0.1) is 5.92 Å². The average Bonchev–Trinajstić information content (AvgIpc) is 2.77. The molecule has 0 radical (unpaired) electrons. The highest BCUT2D eigenvalue weighted by Crippen LogP contribution is 2.32. The fourth-order valence-corrected chi connectivity index (χ4v) is 3.79. The fourth-order valence-electron chi connectivity index (χ4n) is 3.79. The summed E-state index contributed by atoms with van der Waals surface area (Å²) in [5.41, 5.74) is 0. The minimum absolute atomic E-state index is 0.744. The molecule has 1 N–H and O–H groups in total. The number of rotatable bonds is 3. The van der Waals surface area contributed by atoms with Crippen LogP contribution in [-0.2, 0) is 0 Å². The molecule has 2 fully saturated rings. The van der Waals surface area contributed by atoms with Crippen LogP contribution in [0.3, 0.4) is 0 Å². The van der Waals surface area contributed by atoms with E-state index >= 15 is 0 Å². The van der Waals surface area contributed by atoms with E-state index in [0.29, 0.717) is 0 Å². The molecule has 2 rings (SSSR count). The Morgan fingerprint density at radius 3 is 2.50 bits per heavy atom. The molecule has 3 atom stereocenters. The van der Waals surface area contributed by atoms with E-state index in [-0.39, 0.29) is 0 Å². The molecule has 3 unspecified atom stereocenters. The molecule has 1 aliphatic carbocycles. The highest BCUT2D eigenvalue weighted by atomic mass is 15.2. The monoisotopic (exact) mass is 224 g/mol. The maximum absolute atomic E-state index is 3.55. The van der Waals surface area contributed by atoms with Gasteiger partial charge >= 0.3 is 0 Å². The summed E-state index contributed by atoms with van der Waals surface area (Å²) in [7, 11) is 2.14. The molecule has 0 bridgehead atoms. The highest BCUT2D eigenvalue weighted by Gasteiger charge is 2.36. The van der Waals surface area contributed by atoms with Crippen LogP contribution in [0.1, 0.15) is 52.4 Å². The van der Waals surface area contributed by atoms with Gasteiger partial charge in [-0.05, 0) is 45.2 Å². The Labute approximate surface area is 101 Å². The van der Waals surface area contributed by atoms with E-state index in [0.717, 1.165) is 24.0 Å². The molecule has 0 aromatic carbocycles. The highest BCUT2D eigenvalue weighted by molar-refractivity contribution is 4.93. The summed E-state index contributed by atoms with van der Waals surface area (Å²) in [4.78, 5) is 2.82. The first-order valence-corrected chi connectivity index (χ1v) is 7.17. The van der Waals surface area contributed by atoms with Gasteiger partial charge in [-0.2, -0.15) is 0 Å². The lowest BCUT2D eigenvalue weighted by Gasteiger charge is -2.42. The van der Waals surface area contributed by atoms with Crippen molar-refractivity contribution in [3.05, 3.63) is 0 Å². The molecular weight excluding hydrogens is 196 g/mol. The smallest absolute Gasteiger partial charge is 0.0252 e. The van der Waals surface area contributed by atoms with Crippen molar-refractivity contribution in [1.82, 2.24) is 10.2 Å². The van der Waals surface area contributed by atoms with E-state index in [2.05, 4.69) is 31.1 Å². The van der Waals surface area contributed by atoms with Crippen LogP contribution < -0.4 is 5.32 Å². The maximum atomic E-state index is 3.55. The molecular formula is C14H28N2. The van der Waals surface area contributed by atoms with Gasteiger partial charge in [0.1, 0.15) is 0 Å². The molecule has 2 heteroatoms. The first-order valence-electron chi connectivity index (χ1n) is 7.17. The zero-order valence-corrected chi connectivity index (χ0v) is 11.2. The molecule has 0 aromatic rings. The fraction of sp³-hybridized carbons (Fsp3) is 1.00. The van der Waals surface area contributed by atoms with Crippen LogP contribution >= 0.6 is 0 Å². The van der Waals surface area contributed by atoms with Crippen molar-refractivity contribution in [3.8, 4) is 0 Å². The Balaban J connectivity index is 2.03. The van der Waals surface area contributed by atoms with Gasteiger partial charge in [-0.25, -0.2) is 0 Å².